The summed E-state index contributed by atoms with van der Waals surface area (Å²) in [5.74, 6) is -0.160. The summed E-state index contributed by atoms with van der Waals surface area (Å²) < 4.78 is 6.83. The van der Waals surface area contributed by atoms with Crippen LogP contribution in [0.25, 0.3) is 0 Å². The second-order valence-corrected chi connectivity index (χ2v) is 9.68. The number of ether oxygens (including phenoxy) is 1. The van der Waals surface area contributed by atoms with Crippen LogP contribution in [-0.4, -0.2) is 59.3 Å². The summed E-state index contributed by atoms with van der Waals surface area (Å²) in [5, 5.41) is 8.43. The van der Waals surface area contributed by atoms with Gasteiger partial charge in [-0.2, -0.15) is 5.10 Å². The Hall–Kier alpha value is -3.49. The first-order valence-electron chi connectivity index (χ1n) is 12.2. The Morgan fingerprint density at radius 2 is 1.78 bits per heavy atom. The van der Waals surface area contributed by atoms with Crippen molar-refractivity contribution in [2.45, 2.75) is 19.9 Å². The maximum absolute atomic E-state index is 14.0. The summed E-state index contributed by atoms with van der Waals surface area (Å²) in [6.07, 6.45) is 1.45. The molecule has 1 fully saturated rings. The quantitative estimate of drug-likeness (QED) is 0.459. The third kappa shape index (κ3) is 4.67. The molecule has 2 aliphatic heterocycles. The van der Waals surface area contributed by atoms with E-state index in [9.17, 15) is 9.59 Å². The second-order valence-electron chi connectivity index (χ2n) is 8.90. The highest BCUT2D eigenvalue weighted by Gasteiger charge is 2.39. The zero-order chi connectivity index (χ0) is 26.1. The molecule has 0 spiro atoms. The molecule has 1 amide bonds. The van der Waals surface area contributed by atoms with Gasteiger partial charge in [-0.3, -0.25) is 4.79 Å². The summed E-state index contributed by atoms with van der Waals surface area (Å²) in [5.41, 5.74) is 3.17. The fourth-order valence-corrected chi connectivity index (χ4v) is 5.30. The predicted molar refractivity (Wildman–Crippen MR) is 144 cm³/mol. The zero-order valence-electron chi connectivity index (χ0n) is 20.6. The first kappa shape index (κ1) is 25.2. The maximum atomic E-state index is 14.0. The minimum Gasteiger partial charge on any atom is -0.462 e. The van der Waals surface area contributed by atoms with Crippen molar-refractivity contribution in [1.29, 1.82) is 0 Å². The van der Waals surface area contributed by atoms with Gasteiger partial charge in [-0.1, -0.05) is 53.5 Å². The summed E-state index contributed by atoms with van der Waals surface area (Å²) in [6.45, 7) is 6.39. The van der Waals surface area contributed by atoms with Gasteiger partial charge in [0.2, 0.25) is 0 Å². The Morgan fingerprint density at radius 1 is 1.05 bits per heavy atom. The van der Waals surface area contributed by atoms with E-state index in [-0.39, 0.29) is 18.1 Å². The number of nitrogens with one attached hydrogen (secondary N) is 1. The van der Waals surface area contributed by atoms with Crippen molar-refractivity contribution in [2.24, 2.45) is 0 Å². The number of allylic oxidation sites excluding steroid dienone is 1. The molecule has 8 nitrogen and oxygen atoms in total. The Balaban J connectivity index is 1.50. The summed E-state index contributed by atoms with van der Waals surface area (Å²) >= 11 is 13.0. The van der Waals surface area contributed by atoms with Crippen molar-refractivity contribution < 1.29 is 14.3 Å². The lowest BCUT2D eigenvalue weighted by atomic mass is 9.93. The van der Waals surface area contributed by atoms with E-state index in [1.807, 2.05) is 36.1 Å². The van der Waals surface area contributed by atoms with Gasteiger partial charge in [0.25, 0.3) is 5.91 Å². The number of anilines is 2. The van der Waals surface area contributed by atoms with Crippen molar-refractivity contribution >= 4 is 46.6 Å². The molecule has 1 unspecified atom stereocenters. The number of aromatic nitrogens is 2. The molecular weight excluding hydrogens is 513 g/mol. The Labute approximate surface area is 225 Å². The van der Waals surface area contributed by atoms with Gasteiger partial charge in [0.05, 0.1) is 28.4 Å². The molecule has 0 aliphatic carbocycles. The van der Waals surface area contributed by atoms with E-state index in [0.717, 1.165) is 18.8 Å². The van der Waals surface area contributed by atoms with Crippen molar-refractivity contribution in [1.82, 2.24) is 14.7 Å². The SMILES string of the molecule is CCOC(=O)c1cnn2c1NC(C)=C(C(=O)N1CCN(c3ccccc3)CC1)C2c1cccc(Cl)c1Cl. The normalized spacial score (nSPS) is 17.4. The highest BCUT2D eigenvalue weighted by Crippen LogP contribution is 2.42. The van der Waals surface area contributed by atoms with E-state index >= 15 is 0 Å². The van der Waals surface area contributed by atoms with Crippen LogP contribution in [0, 0.1) is 0 Å². The average Bonchev–Trinajstić information content (AvgIpc) is 3.33. The van der Waals surface area contributed by atoms with Crippen molar-refractivity contribution in [2.75, 3.05) is 43.0 Å². The highest BCUT2D eigenvalue weighted by molar-refractivity contribution is 6.42. The minimum absolute atomic E-state index is 0.113. The zero-order valence-corrected chi connectivity index (χ0v) is 22.1. The number of hydrogen-bond donors (Lipinski definition) is 1. The third-order valence-corrected chi connectivity index (χ3v) is 7.55. The van der Waals surface area contributed by atoms with Gasteiger partial charge < -0.3 is 19.9 Å². The third-order valence-electron chi connectivity index (χ3n) is 6.71. The molecule has 5 rings (SSSR count). The van der Waals surface area contributed by atoms with Gasteiger partial charge >= 0.3 is 5.97 Å². The van der Waals surface area contributed by atoms with Crippen LogP contribution in [0.4, 0.5) is 11.5 Å². The van der Waals surface area contributed by atoms with Gasteiger partial charge in [-0.15, -0.1) is 0 Å². The van der Waals surface area contributed by atoms with Crippen LogP contribution in [-0.2, 0) is 9.53 Å². The van der Waals surface area contributed by atoms with E-state index in [2.05, 4.69) is 27.4 Å². The predicted octanol–water partition coefficient (Wildman–Crippen LogP) is 5.00. The molecule has 0 bridgehead atoms. The van der Waals surface area contributed by atoms with Crippen LogP contribution in [0.1, 0.15) is 35.8 Å². The van der Waals surface area contributed by atoms with Crippen molar-refractivity contribution in [3.05, 3.63) is 87.2 Å². The molecule has 1 N–H and O–H groups in total. The molecule has 1 atom stereocenters. The second kappa shape index (κ2) is 10.5. The van der Waals surface area contributed by atoms with Crippen LogP contribution in [0.15, 0.2) is 66.0 Å². The van der Waals surface area contributed by atoms with E-state index in [0.29, 0.717) is 45.8 Å². The van der Waals surface area contributed by atoms with Crippen LogP contribution >= 0.6 is 23.2 Å². The van der Waals surface area contributed by atoms with Crippen LogP contribution < -0.4 is 10.2 Å². The monoisotopic (exact) mass is 539 g/mol. The lowest BCUT2D eigenvalue weighted by Gasteiger charge is -2.38. The lowest BCUT2D eigenvalue weighted by molar-refractivity contribution is -0.128. The molecular formula is C27H27Cl2N5O3. The number of hydrogen-bond acceptors (Lipinski definition) is 6. The topological polar surface area (TPSA) is 79.7 Å². The highest BCUT2D eigenvalue weighted by atomic mass is 35.5. The lowest BCUT2D eigenvalue weighted by Crippen LogP contribution is -2.50. The molecule has 3 heterocycles. The summed E-state index contributed by atoms with van der Waals surface area (Å²) in [6, 6.07) is 14.8. The standard InChI is InChI=1S/C27H27Cl2N5O3/c1-3-37-27(36)20-16-30-34-24(19-10-7-11-21(28)23(19)29)22(17(2)31-25(20)34)26(35)33-14-12-32(13-15-33)18-8-5-4-6-9-18/h4-11,16,24,31H,3,12-15H2,1-2H3. The first-order chi connectivity index (χ1) is 17.9. The van der Waals surface area contributed by atoms with Gasteiger partial charge in [0.15, 0.2) is 0 Å². The number of piperazine rings is 1. The Bertz CT molecular complexity index is 1360. The van der Waals surface area contributed by atoms with E-state index in [1.54, 1.807) is 23.7 Å². The molecule has 37 heavy (non-hydrogen) atoms. The molecule has 0 radical (unpaired) electrons. The largest absolute Gasteiger partial charge is 0.462 e. The van der Waals surface area contributed by atoms with Gasteiger partial charge in [-0.25, -0.2) is 9.48 Å². The number of benzene rings is 2. The van der Waals surface area contributed by atoms with Crippen molar-refractivity contribution in [3.63, 3.8) is 0 Å². The molecule has 2 aromatic carbocycles. The number of nitrogens with zero attached hydrogens (tertiary/aromatic N) is 4. The first-order valence-corrected chi connectivity index (χ1v) is 12.9. The minimum atomic E-state index is -0.676. The van der Waals surface area contributed by atoms with Crippen LogP contribution in [0.3, 0.4) is 0 Å². The van der Waals surface area contributed by atoms with Gasteiger partial charge in [-0.05, 0) is 32.0 Å². The van der Waals surface area contributed by atoms with Gasteiger partial charge in [0, 0.05) is 43.1 Å². The molecule has 1 saturated heterocycles. The molecule has 2 aliphatic rings. The molecule has 0 saturated carbocycles. The average molecular weight is 540 g/mol. The van der Waals surface area contributed by atoms with E-state index < -0.39 is 12.0 Å². The molecule has 192 valence electrons. The number of amides is 1. The number of esters is 1. The molecule has 1 aromatic heterocycles. The summed E-state index contributed by atoms with van der Waals surface area (Å²) in [7, 11) is 0. The fourth-order valence-electron chi connectivity index (χ4n) is 4.89. The smallest absolute Gasteiger partial charge is 0.343 e. The molecule has 10 heteroatoms. The van der Waals surface area contributed by atoms with E-state index in [1.165, 1.54) is 6.20 Å². The van der Waals surface area contributed by atoms with Crippen molar-refractivity contribution in [3.8, 4) is 0 Å². The van der Waals surface area contributed by atoms with Crippen LogP contribution in [0.5, 0.6) is 0 Å². The number of rotatable bonds is 5. The van der Waals surface area contributed by atoms with Crippen LogP contribution in [0.2, 0.25) is 10.0 Å². The fraction of sp³-hybridized carbons (Fsp3) is 0.296. The van der Waals surface area contributed by atoms with E-state index in [4.69, 9.17) is 27.9 Å². The Kier molecular flexibility index (Phi) is 7.13. The number of carbonyl (C=O) groups is 2. The maximum Gasteiger partial charge on any atom is 0.343 e. The Morgan fingerprint density at radius 3 is 2.49 bits per heavy atom. The van der Waals surface area contributed by atoms with Gasteiger partial charge in [0.1, 0.15) is 17.4 Å². The number of para-hydroxylation sites is 1. The number of halogens is 2. The number of fused-ring (bicyclic) bond motifs is 1. The summed E-state index contributed by atoms with van der Waals surface area (Å²) in [4.78, 5) is 30.8. The number of carbonyl (C=O) groups excluding carboxylic acids is 2. The molecule has 3 aromatic rings.